The van der Waals surface area contributed by atoms with Crippen LogP contribution in [0.15, 0.2) is 42.5 Å². The Labute approximate surface area is 188 Å². The van der Waals surface area contributed by atoms with E-state index in [1.165, 1.54) is 0 Å². The zero-order valence-corrected chi connectivity index (χ0v) is 18.8. The highest BCUT2D eigenvalue weighted by atomic mass is 16.5. The highest BCUT2D eigenvalue weighted by Crippen LogP contribution is 2.31. The van der Waals surface area contributed by atoms with Gasteiger partial charge in [-0.3, -0.25) is 0 Å². The number of hydrogen-bond donors (Lipinski definition) is 0. The van der Waals surface area contributed by atoms with Crippen molar-refractivity contribution in [1.82, 2.24) is 15.0 Å². The smallest absolute Gasteiger partial charge is 0.229 e. The van der Waals surface area contributed by atoms with Gasteiger partial charge < -0.3 is 24.0 Å². The molecule has 1 aromatic carbocycles. The number of hydrogen-bond acceptors (Lipinski definition) is 8. The van der Waals surface area contributed by atoms with Crippen LogP contribution >= 0.6 is 0 Å². The standard InChI is InChI=1S/C24H29N5O3/c1-16-15-30-12-11-29(16)23-20-9-10-21(32-19-7-5-4-6-8-19)25-22(20)26-24(27-23)28-13-17(2)31-18(3)14-28/h4-10,16-18H,11-15H2,1-3H3/t16-,17-,18+/m0/s1. The van der Waals surface area contributed by atoms with Crippen LogP contribution < -0.4 is 14.5 Å². The van der Waals surface area contributed by atoms with E-state index < -0.39 is 0 Å². The van der Waals surface area contributed by atoms with E-state index in [1.807, 2.05) is 42.5 Å². The summed E-state index contributed by atoms with van der Waals surface area (Å²) in [6, 6.07) is 13.8. The number of anilines is 2. The van der Waals surface area contributed by atoms with Gasteiger partial charge in [0.25, 0.3) is 0 Å². The van der Waals surface area contributed by atoms with Gasteiger partial charge in [0.2, 0.25) is 11.8 Å². The molecule has 0 unspecified atom stereocenters. The molecule has 4 heterocycles. The van der Waals surface area contributed by atoms with Gasteiger partial charge in [-0.1, -0.05) is 18.2 Å². The summed E-state index contributed by atoms with van der Waals surface area (Å²) in [6.45, 7) is 9.95. The normalized spacial score (nSPS) is 24.0. The van der Waals surface area contributed by atoms with Gasteiger partial charge in [0, 0.05) is 25.7 Å². The second-order valence-corrected chi connectivity index (χ2v) is 8.56. The molecule has 0 aliphatic carbocycles. The summed E-state index contributed by atoms with van der Waals surface area (Å²) in [5, 5.41) is 0.914. The number of aromatic nitrogens is 3. The van der Waals surface area contributed by atoms with Crippen molar-refractivity contribution in [1.29, 1.82) is 0 Å². The van der Waals surface area contributed by atoms with Crippen molar-refractivity contribution in [2.75, 3.05) is 42.6 Å². The molecule has 0 spiro atoms. The van der Waals surface area contributed by atoms with Gasteiger partial charge in [-0.25, -0.2) is 0 Å². The molecule has 32 heavy (non-hydrogen) atoms. The maximum Gasteiger partial charge on any atom is 0.229 e. The van der Waals surface area contributed by atoms with E-state index in [9.17, 15) is 0 Å². The lowest BCUT2D eigenvalue weighted by atomic mass is 10.2. The van der Waals surface area contributed by atoms with Crippen molar-refractivity contribution in [2.24, 2.45) is 0 Å². The first-order chi connectivity index (χ1) is 15.6. The number of ether oxygens (including phenoxy) is 3. The van der Waals surface area contributed by atoms with Crippen LogP contribution in [-0.2, 0) is 9.47 Å². The molecule has 3 atom stereocenters. The van der Waals surface area contributed by atoms with Crippen LogP contribution in [-0.4, -0.2) is 66.0 Å². The molecule has 8 nitrogen and oxygen atoms in total. The van der Waals surface area contributed by atoms with Crippen molar-refractivity contribution in [2.45, 2.75) is 39.0 Å². The third kappa shape index (κ3) is 4.33. The number of pyridine rings is 1. The summed E-state index contributed by atoms with van der Waals surface area (Å²) < 4.78 is 17.5. The first-order valence-electron chi connectivity index (χ1n) is 11.2. The molecular weight excluding hydrogens is 406 g/mol. The largest absolute Gasteiger partial charge is 0.439 e. The molecule has 3 aromatic rings. The van der Waals surface area contributed by atoms with Crippen LogP contribution in [0.5, 0.6) is 11.6 Å². The predicted molar refractivity (Wildman–Crippen MR) is 124 cm³/mol. The number of fused-ring (bicyclic) bond motifs is 1. The minimum atomic E-state index is 0.115. The van der Waals surface area contributed by atoms with Crippen LogP contribution in [0.2, 0.25) is 0 Å². The Bertz CT molecular complexity index is 1070. The van der Waals surface area contributed by atoms with Crippen molar-refractivity contribution in [3.63, 3.8) is 0 Å². The van der Waals surface area contributed by atoms with Crippen LogP contribution in [0, 0.1) is 0 Å². The Balaban J connectivity index is 1.58. The Morgan fingerprint density at radius 1 is 0.938 bits per heavy atom. The fourth-order valence-corrected chi connectivity index (χ4v) is 4.37. The highest BCUT2D eigenvalue weighted by molar-refractivity contribution is 5.88. The Kier molecular flexibility index (Phi) is 5.80. The SMILES string of the molecule is C[C@@H]1CN(c2nc(N3CCOC[C@@H]3C)c3ccc(Oc4ccccc4)nc3n2)C[C@H](C)O1. The number of morpholine rings is 2. The number of para-hydroxylation sites is 1. The Morgan fingerprint density at radius 2 is 1.72 bits per heavy atom. The lowest BCUT2D eigenvalue weighted by molar-refractivity contribution is -0.00570. The molecule has 0 amide bonds. The van der Waals surface area contributed by atoms with Crippen molar-refractivity contribution < 1.29 is 14.2 Å². The average Bonchev–Trinajstić information content (AvgIpc) is 2.79. The van der Waals surface area contributed by atoms with E-state index >= 15 is 0 Å². The molecule has 2 aliphatic heterocycles. The Hall–Kier alpha value is -2.97. The molecular formula is C24H29N5O3. The van der Waals surface area contributed by atoms with Gasteiger partial charge in [0.15, 0.2) is 5.65 Å². The molecule has 2 aliphatic rings. The van der Waals surface area contributed by atoms with E-state index in [1.54, 1.807) is 0 Å². The van der Waals surface area contributed by atoms with Gasteiger partial charge >= 0.3 is 0 Å². The molecule has 2 aromatic heterocycles. The van der Waals surface area contributed by atoms with Crippen molar-refractivity contribution >= 4 is 22.8 Å². The monoisotopic (exact) mass is 435 g/mol. The van der Waals surface area contributed by atoms with Crippen molar-refractivity contribution in [3.05, 3.63) is 42.5 Å². The van der Waals surface area contributed by atoms with Gasteiger partial charge in [-0.15, -0.1) is 0 Å². The molecule has 0 N–H and O–H groups in total. The minimum Gasteiger partial charge on any atom is -0.439 e. The first-order valence-corrected chi connectivity index (χ1v) is 11.2. The van der Waals surface area contributed by atoms with Gasteiger partial charge in [0.1, 0.15) is 11.6 Å². The van der Waals surface area contributed by atoms with E-state index in [2.05, 4.69) is 30.6 Å². The van der Waals surface area contributed by atoms with Crippen molar-refractivity contribution in [3.8, 4) is 11.6 Å². The van der Waals surface area contributed by atoms with E-state index in [0.717, 1.165) is 36.6 Å². The third-order valence-electron chi connectivity index (χ3n) is 5.81. The van der Waals surface area contributed by atoms with Gasteiger partial charge in [-0.2, -0.15) is 15.0 Å². The van der Waals surface area contributed by atoms with Crippen LogP contribution in [0.4, 0.5) is 11.8 Å². The summed E-state index contributed by atoms with van der Waals surface area (Å²) in [4.78, 5) is 19.1. The molecule has 5 rings (SSSR count). The van der Waals surface area contributed by atoms with E-state index in [-0.39, 0.29) is 18.2 Å². The topological polar surface area (TPSA) is 72.8 Å². The lowest BCUT2D eigenvalue weighted by Gasteiger charge is -2.37. The predicted octanol–water partition coefficient (Wildman–Crippen LogP) is 3.66. The summed E-state index contributed by atoms with van der Waals surface area (Å²) in [5.41, 5.74) is 0.629. The van der Waals surface area contributed by atoms with E-state index in [0.29, 0.717) is 30.7 Å². The van der Waals surface area contributed by atoms with Crippen LogP contribution in [0.3, 0.4) is 0 Å². The number of benzene rings is 1. The minimum absolute atomic E-state index is 0.115. The maximum absolute atomic E-state index is 5.97. The average molecular weight is 436 g/mol. The molecule has 8 heteroatoms. The lowest BCUT2D eigenvalue weighted by Crippen LogP contribution is -2.47. The molecule has 2 fully saturated rings. The summed E-state index contributed by atoms with van der Waals surface area (Å²) in [6.07, 6.45) is 0.231. The molecule has 2 saturated heterocycles. The zero-order valence-electron chi connectivity index (χ0n) is 18.8. The fraction of sp³-hybridized carbons (Fsp3) is 0.458. The molecule has 0 radical (unpaired) electrons. The zero-order chi connectivity index (χ0) is 22.1. The fourth-order valence-electron chi connectivity index (χ4n) is 4.37. The summed E-state index contributed by atoms with van der Waals surface area (Å²) in [7, 11) is 0. The number of nitrogens with zero attached hydrogens (tertiary/aromatic N) is 5. The van der Waals surface area contributed by atoms with Crippen LogP contribution in [0.1, 0.15) is 20.8 Å². The molecule has 0 saturated carbocycles. The quantitative estimate of drug-likeness (QED) is 0.615. The van der Waals surface area contributed by atoms with Gasteiger partial charge in [-0.05, 0) is 39.0 Å². The Morgan fingerprint density at radius 3 is 2.47 bits per heavy atom. The first kappa shape index (κ1) is 20.9. The second kappa shape index (κ2) is 8.88. The van der Waals surface area contributed by atoms with Gasteiger partial charge in [0.05, 0.1) is 36.8 Å². The summed E-state index contributed by atoms with van der Waals surface area (Å²) >= 11 is 0. The molecule has 168 valence electrons. The highest BCUT2D eigenvalue weighted by Gasteiger charge is 2.28. The number of rotatable bonds is 4. The maximum atomic E-state index is 5.97. The third-order valence-corrected chi connectivity index (χ3v) is 5.81. The molecule has 0 bridgehead atoms. The second-order valence-electron chi connectivity index (χ2n) is 8.56. The van der Waals surface area contributed by atoms with Crippen LogP contribution in [0.25, 0.3) is 11.0 Å². The summed E-state index contributed by atoms with van der Waals surface area (Å²) in [5.74, 6) is 2.83. The van der Waals surface area contributed by atoms with E-state index in [4.69, 9.17) is 29.2 Å².